The molecule has 2 N–H and O–H groups in total. The largest absolute Gasteiger partial charge is 0.462 e. The predicted molar refractivity (Wildman–Crippen MR) is 109 cm³/mol. The smallest absolute Gasteiger partial charge is 0.333 e. The number of ether oxygens (including phenoxy) is 2. The summed E-state index contributed by atoms with van der Waals surface area (Å²) in [5.41, 5.74) is 5.38. The number of Topliss-reactive ketones (excluding diaryl/α,β-unsaturated/α-hetero) is 3. The van der Waals surface area contributed by atoms with Crippen LogP contribution in [0.2, 0.25) is 0 Å². The summed E-state index contributed by atoms with van der Waals surface area (Å²) in [4.78, 5) is 60.9. The van der Waals surface area contributed by atoms with Crippen molar-refractivity contribution in [1.82, 2.24) is 0 Å². The quantitative estimate of drug-likeness (QED) is 0.287. The first kappa shape index (κ1) is 33.5. The Kier molecular flexibility index (Phi) is 24.5. The van der Waals surface area contributed by atoms with Gasteiger partial charge in [-0.1, -0.05) is 13.2 Å². The molecule has 0 aliphatic carbocycles. The van der Waals surface area contributed by atoms with Gasteiger partial charge in [-0.25, -0.2) is 4.79 Å². The van der Waals surface area contributed by atoms with Gasteiger partial charge in [-0.15, -0.1) is 0 Å². The molecular weight excluding hydrogens is 382 g/mol. The summed E-state index contributed by atoms with van der Waals surface area (Å²) in [6.45, 7) is 17.1. The van der Waals surface area contributed by atoms with E-state index in [2.05, 4.69) is 22.6 Å². The SMILES string of the molecule is C=C(C)C(=O)OCCOC(=O)CC(C)=O.C=C(C)C(N)=O.CC(C)=O.CC(C)=O. The summed E-state index contributed by atoms with van der Waals surface area (Å²) in [6.07, 6.45) is -0.256. The molecule has 0 aromatic carbocycles. The summed E-state index contributed by atoms with van der Waals surface area (Å²) in [5, 5.41) is 0. The van der Waals surface area contributed by atoms with Crippen molar-refractivity contribution in [3.05, 3.63) is 24.3 Å². The van der Waals surface area contributed by atoms with Gasteiger partial charge in [0.15, 0.2) is 0 Å². The van der Waals surface area contributed by atoms with E-state index in [9.17, 15) is 28.8 Å². The third-order valence-corrected chi connectivity index (χ3v) is 1.74. The standard InChI is InChI=1S/C10H14O5.C4H7NO.2C3H6O/c1-7(2)10(13)15-5-4-14-9(12)6-8(3)11;1-3(2)4(5)6;2*1-3(2)4/h1,4-6H2,2-3H3;1H2,2H3,(H2,5,6);2*1-2H3. The lowest BCUT2D eigenvalue weighted by molar-refractivity contribution is -0.151. The van der Waals surface area contributed by atoms with Crippen LogP contribution in [0, 0.1) is 0 Å². The Hall–Kier alpha value is -3.10. The van der Waals surface area contributed by atoms with Crippen LogP contribution in [-0.2, 0) is 38.2 Å². The molecule has 1 amide bonds. The number of hydrogen-bond donors (Lipinski definition) is 1. The summed E-state index contributed by atoms with van der Waals surface area (Å²) in [5.74, 6) is -1.51. The van der Waals surface area contributed by atoms with Crippen LogP contribution in [0.15, 0.2) is 24.3 Å². The molecule has 9 nitrogen and oxygen atoms in total. The molecule has 0 saturated heterocycles. The zero-order chi connectivity index (χ0) is 24.2. The number of esters is 2. The fourth-order valence-corrected chi connectivity index (χ4v) is 0.667. The average molecular weight is 415 g/mol. The van der Waals surface area contributed by atoms with Crippen LogP contribution in [0.5, 0.6) is 0 Å². The number of hydrogen-bond acceptors (Lipinski definition) is 8. The molecule has 9 heteroatoms. The van der Waals surface area contributed by atoms with Gasteiger partial charge in [0.1, 0.15) is 37.0 Å². The molecule has 0 heterocycles. The van der Waals surface area contributed by atoms with Crippen LogP contribution in [0.1, 0.15) is 54.9 Å². The Morgan fingerprint density at radius 3 is 1.24 bits per heavy atom. The Balaban J connectivity index is -0.000000182. The fourth-order valence-electron chi connectivity index (χ4n) is 0.667. The van der Waals surface area contributed by atoms with Crippen molar-refractivity contribution in [2.75, 3.05) is 13.2 Å². The van der Waals surface area contributed by atoms with Crippen LogP contribution in [-0.4, -0.2) is 48.4 Å². The molecule has 0 atom stereocenters. The molecule has 0 aromatic heterocycles. The second-order valence-corrected chi connectivity index (χ2v) is 5.98. The van der Waals surface area contributed by atoms with E-state index in [1.165, 1.54) is 41.5 Å². The van der Waals surface area contributed by atoms with Gasteiger partial charge in [-0.05, 0) is 48.5 Å². The molecule has 0 spiro atoms. The maximum atomic E-state index is 10.8. The van der Waals surface area contributed by atoms with Gasteiger partial charge in [0.05, 0.1) is 0 Å². The maximum absolute atomic E-state index is 10.8. The minimum absolute atomic E-state index is 0.0324. The fraction of sp³-hybridized carbons (Fsp3) is 0.500. The van der Waals surface area contributed by atoms with Crippen LogP contribution < -0.4 is 5.73 Å². The molecule has 0 saturated carbocycles. The Morgan fingerprint density at radius 2 is 1.00 bits per heavy atom. The molecule has 0 unspecified atom stereocenters. The topological polar surface area (TPSA) is 147 Å². The minimum Gasteiger partial charge on any atom is -0.462 e. The number of ketones is 3. The van der Waals surface area contributed by atoms with Gasteiger partial charge in [-0.3, -0.25) is 14.4 Å². The minimum atomic E-state index is -0.617. The van der Waals surface area contributed by atoms with E-state index in [-0.39, 0.29) is 42.6 Å². The molecule has 29 heavy (non-hydrogen) atoms. The lowest BCUT2D eigenvalue weighted by Gasteiger charge is -2.05. The Bertz CT molecular complexity index is 574. The highest BCUT2D eigenvalue weighted by molar-refractivity contribution is 5.94. The van der Waals surface area contributed by atoms with Crippen molar-refractivity contribution in [3.8, 4) is 0 Å². The highest BCUT2D eigenvalue weighted by atomic mass is 16.6. The number of carbonyl (C=O) groups excluding carboxylic acids is 6. The molecule has 0 bridgehead atoms. The highest BCUT2D eigenvalue weighted by Crippen LogP contribution is 1.93. The van der Waals surface area contributed by atoms with Crippen LogP contribution in [0.4, 0.5) is 0 Å². The molecule has 0 rings (SSSR count). The number of amides is 1. The number of nitrogens with two attached hydrogens (primary N) is 1. The molecule has 0 aliphatic rings. The summed E-state index contributed by atoms with van der Waals surface area (Å²) in [6, 6.07) is 0. The summed E-state index contributed by atoms with van der Waals surface area (Å²) >= 11 is 0. The first-order valence-electron chi connectivity index (χ1n) is 8.41. The van der Waals surface area contributed by atoms with E-state index < -0.39 is 17.8 Å². The lowest BCUT2D eigenvalue weighted by Crippen LogP contribution is -2.15. The van der Waals surface area contributed by atoms with E-state index in [0.29, 0.717) is 5.57 Å². The van der Waals surface area contributed by atoms with E-state index in [1.54, 1.807) is 6.92 Å². The van der Waals surface area contributed by atoms with Gasteiger partial charge in [-0.2, -0.15) is 0 Å². The van der Waals surface area contributed by atoms with Crippen molar-refractivity contribution in [2.24, 2.45) is 5.73 Å². The van der Waals surface area contributed by atoms with Crippen molar-refractivity contribution < 1.29 is 38.2 Å². The first-order valence-corrected chi connectivity index (χ1v) is 8.41. The van der Waals surface area contributed by atoms with E-state index in [0.717, 1.165) is 0 Å². The van der Waals surface area contributed by atoms with E-state index >= 15 is 0 Å². The van der Waals surface area contributed by atoms with Gasteiger partial charge in [0.2, 0.25) is 5.91 Å². The summed E-state index contributed by atoms with van der Waals surface area (Å²) < 4.78 is 9.27. The zero-order valence-electron chi connectivity index (χ0n) is 18.4. The maximum Gasteiger partial charge on any atom is 0.333 e. The molecule has 0 radical (unpaired) electrons. The predicted octanol–water partition coefficient (Wildman–Crippen LogP) is 1.87. The highest BCUT2D eigenvalue weighted by Gasteiger charge is 2.07. The van der Waals surface area contributed by atoms with Gasteiger partial charge < -0.3 is 24.8 Å². The van der Waals surface area contributed by atoms with Gasteiger partial charge in [0, 0.05) is 11.1 Å². The normalized spacial score (nSPS) is 8.10. The van der Waals surface area contributed by atoms with Crippen molar-refractivity contribution in [2.45, 2.75) is 54.9 Å². The number of primary amides is 1. The molecule has 166 valence electrons. The van der Waals surface area contributed by atoms with Crippen molar-refractivity contribution >= 4 is 35.2 Å². The van der Waals surface area contributed by atoms with Gasteiger partial charge in [0.25, 0.3) is 0 Å². The van der Waals surface area contributed by atoms with Crippen molar-refractivity contribution in [3.63, 3.8) is 0 Å². The molecule has 0 aliphatic heterocycles. The Labute approximate surface area is 172 Å². The second-order valence-electron chi connectivity index (χ2n) is 5.98. The number of carbonyl (C=O) groups is 6. The third kappa shape index (κ3) is 51.7. The van der Waals surface area contributed by atoms with Gasteiger partial charge >= 0.3 is 11.9 Å². The van der Waals surface area contributed by atoms with Crippen LogP contribution in [0.25, 0.3) is 0 Å². The molecule has 0 fully saturated rings. The van der Waals surface area contributed by atoms with Crippen molar-refractivity contribution in [1.29, 1.82) is 0 Å². The van der Waals surface area contributed by atoms with E-state index in [4.69, 9.17) is 5.73 Å². The molecular formula is C20H33NO8. The van der Waals surface area contributed by atoms with E-state index in [1.807, 2.05) is 0 Å². The monoisotopic (exact) mass is 415 g/mol. The zero-order valence-corrected chi connectivity index (χ0v) is 18.4. The first-order chi connectivity index (χ1) is 13.0. The summed E-state index contributed by atoms with van der Waals surface area (Å²) in [7, 11) is 0. The van der Waals surface area contributed by atoms with Crippen LogP contribution in [0.3, 0.4) is 0 Å². The third-order valence-electron chi connectivity index (χ3n) is 1.74. The molecule has 0 aromatic rings. The Morgan fingerprint density at radius 1 is 0.690 bits per heavy atom. The average Bonchev–Trinajstić information content (AvgIpc) is 2.49. The lowest BCUT2D eigenvalue weighted by atomic mass is 10.3. The van der Waals surface area contributed by atoms with Crippen LogP contribution >= 0.6 is 0 Å². The number of rotatable bonds is 7. The second kappa shape index (κ2) is 21.2.